The van der Waals surface area contributed by atoms with Gasteiger partial charge in [0.15, 0.2) is 0 Å². The Kier molecular flexibility index (Phi) is 3.98. The monoisotopic (exact) mass is 210 g/mol. The molecule has 0 aliphatic rings. The number of benzene rings is 1. The molecule has 0 amide bonds. The van der Waals surface area contributed by atoms with Crippen molar-refractivity contribution in [2.45, 2.75) is 6.54 Å². The third kappa shape index (κ3) is 3.40. The van der Waals surface area contributed by atoms with Gasteiger partial charge in [0.1, 0.15) is 0 Å². The second-order valence-electron chi connectivity index (χ2n) is 3.38. The number of anilines is 1. The molecule has 76 valence electrons. The molecule has 2 N–H and O–H groups in total. The average molecular weight is 211 g/mol. The summed E-state index contributed by atoms with van der Waals surface area (Å²) in [4.78, 5) is 2.14. The Bertz CT molecular complexity index is 303. The van der Waals surface area contributed by atoms with Gasteiger partial charge < -0.3 is 5.73 Å². The van der Waals surface area contributed by atoms with Gasteiger partial charge in [-0.15, -0.1) is 6.58 Å². The maximum atomic E-state index is 5.89. The summed E-state index contributed by atoms with van der Waals surface area (Å²) in [7, 11) is 2.03. The Morgan fingerprint density at radius 2 is 2.21 bits per heavy atom. The smallest absolute Gasteiger partial charge is 0.0429 e. The highest BCUT2D eigenvalue weighted by Gasteiger charge is 2.00. The van der Waals surface area contributed by atoms with Gasteiger partial charge in [0, 0.05) is 23.8 Å². The van der Waals surface area contributed by atoms with E-state index in [1.165, 1.54) is 0 Å². The Morgan fingerprint density at radius 1 is 1.50 bits per heavy atom. The van der Waals surface area contributed by atoms with E-state index in [4.69, 9.17) is 17.3 Å². The van der Waals surface area contributed by atoms with Gasteiger partial charge in [-0.05, 0) is 30.8 Å². The first kappa shape index (κ1) is 11.1. The molecule has 2 nitrogen and oxygen atoms in total. The highest BCUT2D eigenvalue weighted by Crippen LogP contribution is 2.17. The van der Waals surface area contributed by atoms with Gasteiger partial charge in [-0.3, -0.25) is 4.90 Å². The van der Waals surface area contributed by atoms with Crippen molar-refractivity contribution in [3.63, 3.8) is 0 Å². The van der Waals surface area contributed by atoms with Crippen LogP contribution in [0.25, 0.3) is 0 Å². The fourth-order valence-electron chi connectivity index (χ4n) is 1.36. The van der Waals surface area contributed by atoms with Crippen LogP contribution < -0.4 is 5.73 Å². The molecule has 0 saturated carbocycles. The maximum Gasteiger partial charge on any atom is 0.0429 e. The molecule has 0 saturated heterocycles. The van der Waals surface area contributed by atoms with Crippen molar-refractivity contribution in [1.82, 2.24) is 4.90 Å². The Hall–Kier alpha value is -0.990. The van der Waals surface area contributed by atoms with Gasteiger partial charge in [-0.25, -0.2) is 0 Å². The van der Waals surface area contributed by atoms with Crippen LogP contribution in [0.5, 0.6) is 0 Å². The number of hydrogen-bond acceptors (Lipinski definition) is 2. The van der Waals surface area contributed by atoms with Gasteiger partial charge in [-0.2, -0.15) is 0 Å². The number of likely N-dealkylation sites (N-methyl/N-ethyl adjacent to an activating group) is 1. The molecule has 0 spiro atoms. The quantitative estimate of drug-likeness (QED) is 0.612. The van der Waals surface area contributed by atoms with Crippen LogP contribution in [0.2, 0.25) is 5.02 Å². The first-order chi connectivity index (χ1) is 6.61. The molecule has 3 heteroatoms. The molecule has 0 aromatic heterocycles. The minimum Gasteiger partial charge on any atom is -0.399 e. The van der Waals surface area contributed by atoms with Gasteiger partial charge in [0.05, 0.1) is 0 Å². The Labute approximate surface area is 90.0 Å². The number of nitrogens with two attached hydrogens (primary N) is 1. The Balaban J connectivity index is 2.71. The molecule has 0 fully saturated rings. The first-order valence-corrected chi connectivity index (χ1v) is 4.84. The van der Waals surface area contributed by atoms with Crippen LogP contribution >= 0.6 is 11.6 Å². The molecule has 0 atom stereocenters. The lowest BCUT2D eigenvalue weighted by Crippen LogP contribution is -2.17. The van der Waals surface area contributed by atoms with Crippen LogP contribution in [0.1, 0.15) is 5.56 Å². The number of nitrogens with zero attached hydrogens (tertiary/aromatic N) is 1. The van der Waals surface area contributed by atoms with Crippen molar-refractivity contribution in [3.8, 4) is 0 Å². The van der Waals surface area contributed by atoms with E-state index >= 15 is 0 Å². The zero-order valence-corrected chi connectivity index (χ0v) is 9.09. The van der Waals surface area contributed by atoms with E-state index < -0.39 is 0 Å². The molecule has 1 aromatic rings. The minimum atomic E-state index is 0.687. The minimum absolute atomic E-state index is 0.687. The molecule has 1 aromatic carbocycles. The third-order valence-electron chi connectivity index (χ3n) is 1.87. The number of rotatable bonds is 4. The lowest BCUT2D eigenvalue weighted by molar-refractivity contribution is 0.364. The summed E-state index contributed by atoms with van der Waals surface area (Å²) in [6.07, 6.45) is 1.87. The summed E-state index contributed by atoms with van der Waals surface area (Å²) in [5, 5.41) is 0.687. The van der Waals surface area contributed by atoms with Crippen molar-refractivity contribution in [3.05, 3.63) is 41.4 Å². The fraction of sp³-hybridized carbons (Fsp3) is 0.273. The molecule has 0 radical (unpaired) electrons. The van der Waals surface area contributed by atoms with E-state index in [1.54, 1.807) is 6.07 Å². The van der Waals surface area contributed by atoms with Crippen molar-refractivity contribution < 1.29 is 0 Å². The molecule has 0 heterocycles. The van der Waals surface area contributed by atoms with Crippen molar-refractivity contribution >= 4 is 17.3 Å². The zero-order valence-electron chi connectivity index (χ0n) is 8.33. The fourth-order valence-corrected chi connectivity index (χ4v) is 1.63. The lowest BCUT2D eigenvalue weighted by atomic mass is 10.2. The van der Waals surface area contributed by atoms with E-state index in [-0.39, 0.29) is 0 Å². The van der Waals surface area contributed by atoms with Crippen LogP contribution in [0.3, 0.4) is 0 Å². The number of hydrogen-bond donors (Lipinski definition) is 1. The summed E-state index contributed by atoms with van der Waals surface area (Å²) < 4.78 is 0. The van der Waals surface area contributed by atoms with Crippen LogP contribution in [-0.4, -0.2) is 18.5 Å². The summed E-state index contributed by atoms with van der Waals surface area (Å²) in [6.45, 7) is 5.37. The summed E-state index contributed by atoms with van der Waals surface area (Å²) in [6, 6.07) is 5.61. The van der Waals surface area contributed by atoms with Gasteiger partial charge in [0.2, 0.25) is 0 Å². The second-order valence-corrected chi connectivity index (χ2v) is 3.81. The van der Waals surface area contributed by atoms with Crippen LogP contribution in [0, 0.1) is 0 Å². The highest BCUT2D eigenvalue weighted by atomic mass is 35.5. The molecule has 0 bridgehead atoms. The van der Waals surface area contributed by atoms with Crippen molar-refractivity contribution in [2.24, 2.45) is 0 Å². The molecular weight excluding hydrogens is 196 g/mol. The summed E-state index contributed by atoms with van der Waals surface area (Å²) >= 11 is 5.89. The molecule has 0 unspecified atom stereocenters. The molecule has 0 aliphatic carbocycles. The first-order valence-electron chi connectivity index (χ1n) is 4.46. The molecular formula is C11H15ClN2. The summed E-state index contributed by atoms with van der Waals surface area (Å²) in [5.41, 5.74) is 7.52. The van der Waals surface area contributed by atoms with E-state index in [0.717, 1.165) is 18.7 Å². The standard InChI is InChI=1S/C11H15ClN2/c1-3-4-14(2)8-9-5-10(12)7-11(13)6-9/h3,5-7H,1,4,8,13H2,2H3. The predicted octanol–water partition coefficient (Wildman–Crippen LogP) is 2.54. The lowest BCUT2D eigenvalue weighted by Gasteiger charge is -2.14. The maximum absolute atomic E-state index is 5.89. The largest absolute Gasteiger partial charge is 0.399 e. The summed E-state index contributed by atoms with van der Waals surface area (Å²) in [5.74, 6) is 0. The highest BCUT2D eigenvalue weighted by molar-refractivity contribution is 6.30. The molecule has 1 rings (SSSR count). The average Bonchev–Trinajstić information content (AvgIpc) is 2.01. The van der Waals surface area contributed by atoms with Crippen LogP contribution in [-0.2, 0) is 6.54 Å². The normalized spacial score (nSPS) is 10.5. The SMILES string of the molecule is C=CCN(C)Cc1cc(N)cc(Cl)c1. The van der Waals surface area contributed by atoms with Crippen molar-refractivity contribution in [1.29, 1.82) is 0 Å². The van der Waals surface area contributed by atoms with Gasteiger partial charge in [-0.1, -0.05) is 17.7 Å². The van der Waals surface area contributed by atoms with Crippen LogP contribution in [0.15, 0.2) is 30.9 Å². The van der Waals surface area contributed by atoms with E-state index in [1.807, 2.05) is 25.3 Å². The topological polar surface area (TPSA) is 29.3 Å². The predicted molar refractivity (Wildman–Crippen MR) is 62.4 cm³/mol. The third-order valence-corrected chi connectivity index (χ3v) is 2.09. The molecule has 0 aliphatic heterocycles. The van der Waals surface area contributed by atoms with E-state index in [2.05, 4.69) is 11.5 Å². The van der Waals surface area contributed by atoms with E-state index in [9.17, 15) is 0 Å². The second kappa shape index (κ2) is 5.03. The van der Waals surface area contributed by atoms with Gasteiger partial charge in [0.25, 0.3) is 0 Å². The number of halogens is 1. The van der Waals surface area contributed by atoms with Crippen molar-refractivity contribution in [2.75, 3.05) is 19.3 Å². The van der Waals surface area contributed by atoms with E-state index in [0.29, 0.717) is 10.7 Å². The Morgan fingerprint density at radius 3 is 2.79 bits per heavy atom. The van der Waals surface area contributed by atoms with Gasteiger partial charge >= 0.3 is 0 Å². The zero-order chi connectivity index (χ0) is 10.6. The van der Waals surface area contributed by atoms with Crippen LogP contribution in [0.4, 0.5) is 5.69 Å². The molecule has 14 heavy (non-hydrogen) atoms. The number of nitrogen functional groups attached to an aromatic ring is 1.